The number of halogens is 1. The maximum Gasteiger partial charge on any atom is 0.335 e. The molecule has 0 radical (unpaired) electrons. The van der Waals surface area contributed by atoms with Crippen LogP contribution in [-0.4, -0.2) is 31.2 Å². The van der Waals surface area contributed by atoms with Gasteiger partial charge in [0.15, 0.2) is 11.5 Å². The summed E-state index contributed by atoms with van der Waals surface area (Å²) in [6.07, 6.45) is 0.779. The number of carbonyl (C=O) groups is 2. The highest BCUT2D eigenvalue weighted by molar-refractivity contribution is 7.16. The molecule has 0 unspecified atom stereocenters. The first-order chi connectivity index (χ1) is 11.4. The molecular weight excluding hydrogens is 354 g/mol. The van der Waals surface area contributed by atoms with Gasteiger partial charge in [-0.1, -0.05) is 11.6 Å². The molecule has 0 atom stereocenters. The number of amides is 1. The number of thiophene rings is 1. The van der Waals surface area contributed by atoms with Crippen molar-refractivity contribution in [1.29, 1.82) is 0 Å². The molecule has 0 bridgehead atoms. The predicted octanol–water partition coefficient (Wildman–Crippen LogP) is 3.69. The van der Waals surface area contributed by atoms with E-state index in [2.05, 4.69) is 5.32 Å². The number of nitrogens with one attached hydrogen (secondary N) is 1. The largest absolute Gasteiger partial charge is 0.493 e. The summed E-state index contributed by atoms with van der Waals surface area (Å²) in [5.74, 6) is -0.880. The van der Waals surface area contributed by atoms with Crippen molar-refractivity contribution in [1.82, 2.24) is 0 Å². The van der Waals surface area contributed by atoms with Crippen LogP contribution >= 0.6 is 22.9 Å². The molecule has 0 saturated heterocycles. The summed E-state index contributed by atoms with van der Waals surface area (Å²) in [7, 11) is 2.82. The smallest absolute Gasteiger partial charge is 0.335 e. The molecule has 2 rings (SSSR count). The number of carboxylic acids is 1. The molecule has 0 fully saturated rings. The second-order valence-corrected chi connectivity index (χ2v) is 6.62. The SMILES string of the molecule is COc1cc(C(=O)O)cc(NC(=O)CCc2ccc(Cl)s2)c1OC. The Morgan fingerprint density at radius 3 is 2.54 bits per heavy atom. The van der Waals surface area contributed by atoms with E-state index in [4.69, 9.17) is 26.2 Å². The molecule has 8 heteroatoms. The zero-order valence-corrected chi connectivity index (χ0v) is 14.7. The number of rotatable bonds is 7. The zero-order chi connectivity index (χ0) is 17.7. The van der Waals surface area contributed by atoms with Crippen LogP contribution in [0.25, 0.3) is 0 Å². The summed E-state index contributed by atoms with van der Waals surface area (Å²) in [5.41, 5.74) is 0.247. The monoisotopic (exact) mass is 369 g/mol. The van der Waals surface area contributed by atoms with Gasteiger partial charge in [-0.2, -0.15) is 0 Å². The number of ether oxygens (including phenoxy) is 2. The summed E-state index contributed by atoms with van der Waals surface area (Å²) >= 11 is 7.28. The number of aryl methyl sites for hydroxylation is 1. The van der Waals surface area contributed by atoms with Gasteiger partial charge in [-0.05, 0) is 30.7 Å². The number of hydrogen-bond acceptors (Lipinski definition) is 5. The van der Waals surface area contributed by atoms with Crippen LogP contribution in [0.3, 0.4) is 0 Å². The summed E-state index contributed by atoms with van der Waals surface area (Å²) in [6, 6.07) is 6.33. The van der Waals surface area contributed by atoms with E-state index in [1.165, 1.54) is 37.7 Å². The molecule has 1 heterocycles. The van der Waals surface area contributed by atoms with Crippen molar-refractivity contribution in [2.75, 3.05) is 19.5 Å². The minimum absolute atomic E-state index is 0.00649. The van der Waals surface area contributed by atoms with Gasteiger partial charge in [-0.25, -0.2) is 4.79 Å². The number of carboxylic acid groups (broad SMARTS) is 1. The number of benzene rings is 1. The van der Waals surface area contributed by atoms with Gasteiger partial charge in [0.05, 0.1) is 29.8 Å². The second-order valence-electron chi connectivity index (χ2n) is 4.82. The quantitative estimate of drug-likeness (QED) is 0.777. The van der Waals surface area contributed by atoms with Crippen LogP contribution in [0.15, 0.2) is 24.3 Å². The normalized spacial score (nSPS) is 10.3. The Balaban J connectivity index is 2.15. The van der Waals surface area contributed by atoms with Crippen LogP contribution in [0.4, 0.5) is 5.69 Å². The lowest BCUT2D eigenvalue weighted by Gasteiger charge is -2.14. The van der Waals surface area contributed by atoms with Crippen LogP contribution in [0, 0.1) is 0 Å². The minimum Gasteiger partial charge on any atom is -0.493 e. The third-order valence-corrected chi connectivity index (χ3v) is 4.52. The molecule has 2 aromatic rings. The van der Waals surface area contributed by atoms with E-state index in [9.17, 15) is 9.59 Å². The zero-order valence-electron chi connectivity index (χ0n) is 13.1. The highest BCUT2D eigenvalue weighted by atomic mass is 35.5. The lowest BCUT2D eigenvalue weighted by Crippen LogP contribution is -2.14. The van der Waals surface area contributed by atoms with Gasteiger partial charge in [-0.15, -0.1) is 11.3 Å². The van der Waals surface area contributed by atoms with Crippen LogP contribution < -0.4 is 14.8 Å². The van der Waals surface area contributed by atoms with E-state index in [0.717, 1.165) is 4.88 Å². The first-order valence-electron chi connectivity index (χ1n) is 6.98. The van der Waals surface area contributed by atoms with E-state index in [1.54, 1.807) is 6.07 Å². The first-order valence-corrected chi connectivity index (χ1v) is 8.17. The van der Waals surface area contributed by atoms with E-state index in [-0.39, 0.29) is 35.1 Å². The molecule has 6 nitrogen and oxygen atoms in total. The van der Waals surface area contributed by atoms with Gasteiger partial charge in [0.2, 0.25) is 5.91 Å². The number of methoxy groups -OCH3 is 2. The summed E-state index contributed by atoms with van der Waals surface area (Å²) in [5, 5.41) is 11.8. The van der Waals surface area contributed by atoms with Crippen molar-refractivity contribution in [3.8, 4) is 11.5 Å². The van der Waals surface area contributed by atoms with E-state index >= 15 is 0 Å². The molecule has 1 aromatic carbocycles. The molecule has 24 heavy (non-hydrogen) atoms. The molecule has 0 aliphatic carbocycles. The molecule has 0 aliphatic heterocycles. The summed E-state index contributed by atoms with van der Waals surface area (Å²) in [6.45, 7) is 0. The van der Waals surface area contributed by atoms with Crippen LogP contribution in [0.1, 0.15) is 21.7 Å². The minimum atomic E-state index is -1.13. The van der Waals surface area contributed by atoms with Crippen LogP contribution in [0.5, 0.6) is 11.5 Å². The van der Waals surface area contributed by atoms with E-state index < -0.39 is 5.97 Å². The van der Waals surface area contributed by atoms with Gasteiger partial charge in [0.1, 0.15) is 0 Å². The standard InChI is InChI=1S/C16H16ClNO5S/c1-22-12-8-9(16(20)21)7-11(15(12)23-2)18-14(19)6-4-10-3-5-13(17)24-10/h3,5,7-8H,4,6H2,1-2H3,(H,18,19)(H,20,21). The van der Waals surface area contributed by atoms with Crippen molar-refractivity contribution in [3.63, 3.8) is 0 Å². The molecule has 0 aliphatic rings. The van der Waals surface area contributed by atoms with Crippen molar-refractivity contribution in [3.05, 3.63) is 39.0 Å². The van der Waals surface area contributed by atoms with Crippen molar-refractivity contribution >= 4 is 40.5 Å². The lowest BCUT2D eigenvalue weighted by atomic mass is 10.1. The maximum absolute atomic E-state index is 12.2. The highest BCUT2D eigenvalue weighted by Gasteiger charge is 2.17. The Labute approximate surface area is 148 Å². The highest BCUT2D eigenvalue weighted by Crippen LogP contribution is 2.36. The average Bonchev–Trinajstić information content (AvgIpc) is 2.97. The first kappa shape index (κ1) is 18.1. The van der Waals surface area contributed by atoms with Crippen LogP contribution in [-0.2, 0) is 11.2 Å². The van der Waals surface area contributed by atoms with Crippen molar-refractivity contribution < 1.29 is 24.2 Å². The third-order valence-electron chi connectivity index (χ3n) is 3.23. The molecule has 128 valence electrons. The Kier molecular flexibility index (Phi) is 6.05. The third kappa shape index (κ3) is 4.39. The topological polar surface area (TPSA) is 84.9 Å². The number of hydrogen-bond donors (Lipinski definition) is 2. The molecule has 1 aromatic heterocycles. The second kappa shape index (κ2) is 8.03. The van der Waals surface area contributed by atoms with Gasteiger partial charge in [-0.3, -0.25) is 4.79 Å². The Morgan fingerprint density at radius 2 is 2.00 bits per heavy atom. The fourth-order valence-corrected chi connectivity index (χ4v) is 3.20. The van der Waals surface area contributed by atoms with Gasteiger partial charge < -0.3 is 19.9 Å². The lowest BCUT2D eigenvalue weighted by molar-refractivity contribution is -0.116. The predicted molar refractivity (Wildman–Crippen MR) is 92.8 cm³/mol. The molecule has 1 amide bonds. The number of anilines is 1. The fourth-order valence-electron chi connectivity index (χ4n) is 2.12. The van der Waals surface area contributed by atoms with E-state index in [1.807, 2.05) is 6.07 Å². The molecule has 2 N–H and O–H groups in total. The number of carbonyl (C=O) groups excluding carboxylic acids is 1. The van der Waals surface area contributed by atoms with Gasteiger partial charge in [0.25, 0.3) is 0 Å². The average molecular weight is 370 g/mol. The van der Waals surface area contributed by atoms with Gasteiger partial charge in [0, 0.05) is 11.3 Å². The summed E-state index contributed by atoms with van der Waals surface area (Å²) < 4.78 is 11.0. The Bertz CT molecular complexity index is 759. The van der Waals surface area contributed by atoms with Crippen molar-refractivity contribution in [2.24, 2.45) is 0 Å². The molecular formula is C16H16ClNO5S. The van der Waals surface area contributed by atoms with Gasteiger partial charge >= 0.3 is 5.97 Å². The fraction of sp³-hybridized carbons (Fsp3) is 0.250. The molecule has 0 spiro atoms. The maximum atomic E-state index is 12.2. The van der Waals surface area contributed by atoms with E-state index in [0.29, 0.717) is 10.8 Å². The summed E-state index contributed by atoms with van der Waals surface area (Å²) in [4.78, 5) is 24.4. The van der Waals surface area contributed by atoms with Crippen LogP contribution in [0.2, 0.25) is 4.34 Å². The Hall–Kier alpha value is -2.25. The van der Waals surface area contributed by atoms with Crippen molar-refractivity contribution in [2.45, 2.75) is 12.8 Å². The number of aromatic carboxylic acids is 1. The molecule has 0 saturated carbocycles. The Morgan fingerprint density at radius 1 is 1.25 bits per heavy atom.